The van der Waals surface area contributed by atoms with Crippen molar-refractivity contribution >= 4 is 23.5 Å². The van der Waals surface area contributed by atoms with Crippen LogP contribution in [0.4, 0.5) is 5.69 Å². The van der Waals surface area contributed by atoms with Crippen LogP contribution in [0.5, 0.6) is 0 Å². The zero-order chi connectivity index (χ0) is 24.1. The molecule has 1 unspecified atom stereocenters. The van der Waals surface area contributed by atoms with E-state index in [-0.39, 0.29) is 32.3 Å². The molecule has 1 aliphatic heterocycles. The second-order valence-corrected chi connectivity index (χ2v) is 7.33. The molecule has 0 radical (unpaired) electrons. The molecule has 6 heteroatoms. The minimum absolute atomic E-state index is 0. The number of imide groups is 1. The van der Waals surface area contributed by atoms with E-state index in [1.807, 2.05) is 19.1 Å². The van der Waals surface area contributed by atoms with E-state index < -0.39 is 12.0 Å². The first kappa shape index (κ1) is 29.8. The first-order valence-corrected chi connectivity index (χ1v) is 11.0. The van der Waals surface area contributed by atoms with Crippen LogP contribution < -0.4 is 10.6 Å². The lowest BCUT2D eigenvalue weighted by molar-refractivity contribution is -0.144. The van der Waals surface area contributed by atoms with Crippen molar-refractivity contribution in [3.63, 3.8) is 0 Å². The molecule has 2 amide bonds. The van der Waals surface area contributed by atoms with Gasteiger partial charge in [-0.15, -0.1) is 0 Å². The second-order valence-electron chi connectivity index (χ2n) is 7.33. The molecule has 6 nitrogen and oxygen atoms in total. The molecule has 0 aliphatic carbocycles. The number of esters is 1. The summed E-state index contributed by atoms with van der Waals surface area (Å²) in [5.74, 6) is 4.76. The minimum atomic E-state index is -0.757. The Morgan fingerprint density at radius 3 is 2.36 bits per heavy atom. The van der Waals surface area contributed by atoms with Gasteiger partial charge in [0.25, 0.3) is 5.91 Å². The number of nitrogens with zero attached hydrogens (tertiary/aromatic N) is 1. The number of amides is 2. The fraction of sp³-hybridized carbons (Fsp3) is 0.444. The van der Waals surface area contributed by atoms with E-state index in [4.69, 9.17) is 10.5 Å². The molecular weight excluding hydrogens is 416 g/mol. The molecule has 1 heterocycles. The number of nitrogens with two attached hydrogens (primary N) is 1. The molecule has 180 valence electrons. The average molecular weight is 455 g/mol. The van der Waals surface area contributed by atoms with E-state index >= 15 is 0 Å². The molecule has 0 aromatic heterocycles. The molecule has 0 spiro atoms. The molecule has 0 bridgehead atoms. The molecule has 1 aromatic rings. The van der Waals surface area contributed by atoms with Crippen molar-refractivity contribution in [3.05, 3.63) is 53.1 Å². The van der Waals surface area contributed by atoms with Gasteiger partial charge in [0.15, 0.2) is 0 Å². The van der Waals surface area contributed by atoms with Crippen LogP contribution in [0.2, 0.25) is 0 Å². The summed E-state index contributed by atoms with van der Waals surface area (Å²) in [6.07, 6.45) is 6.05. The first-order chi connectivity index (χ1) is 15.3. The number of hydrogen-bond acceptors (Lipinski definition) is 5. The van der Waals surface area contributed by atoms with Crippen LogP contribution in [0, 0.1) is 11.8 Å². The van der Waals surface area contributed by atoms with Crippen LogP contribution in [0.3, 0.4) is 0 Å². The van der Waals surface area contributed by atoms with E-state index in [1.165, 1.54) is 11.3 Å². The first-order valence-electron chi connectivity index (χ1n) is 11.0. The van der Waals surface area contributed by atoms with Gasteiger partial charge in [0.2, 0.25) is 5.91 Å². The Morgan fingerprint density at radius 2 is 1.82 bits per heavy atom. The number of carbonyl (C=O) groups is 3. The number of rotatable bonds is 6. The predicted molar refractivity (Wildman–Crippen MR) is 134 cm³/mol. The Kier molecular flexibility index (Phi) is 14.1. The average Bonchev–Trinajstić information content (AvgIpc) is 2.76. The van der Waals surface area contributed by atoms with Crippen LogP contribution in [0.1, 0.15) is 66.9 Å². The Balaban J connectivity index is 0.00000242. The van der Waals surface area contributed by atoms with Gasteiger partial charge < -0.3 is 10.5 Å². The van der Waals surface area contributed by atoms with Crippen molar-refractivity contribution in [1.29, 1.82) is 0 Å². The third-order valence-corrected chi connectivity index (χ3v) is 4.49. The number of hydrogen-bond donors (Lipinski definition) is 1. The van der Waals surface area contributed by atoms with Crippen molar-refractivity contribution in [1.82, 2.24) is 0 Å². The van der Waals surface area contributed by atoms with Crippen LogP contribution in [-0.4, -0.2) is 30.4 Å². The van der Waals surface area contributed by atoms with Gasteiger partial charge >= 0.3 is 5.97 Å². The molecule has 0 saturated carbocycles. The fourth-order valence-corrected chi connectivity index (χ4v) is 2.87. The normalized spacial score (nSPS) is 14.1. The van der Waals surface area contributed by atoms with Crippen LogP contribution in [0.25, 0.3) is 0 Å². The molecule has 1 aromatic carbocycles. The third kappa shape index (κ3) is 9.07. The highest BCUT2D eigenvalue weighted by Gasteiger charge is 2.31. The van der Waals surface area contributed by atoms with E-state index in [9.17, 15) is 14.4 Å². The fourth-order valence-electron chi connectivity index (χ4n) is 2.87. The van der Waals surface area contributed by atoms with Gasteiger partial charge in [-0.1, -0.05) is 63.8 Å². The lowest BCUT2D eigenvalue weighted by atomic mass is 9.99. The van der Waals surface area contributed by atoms with Gasteiger partial charge in [0.1, 0.15) is 6.04 Å². The topological polar surface area (TPSA) is 89.7 Å². The molecule has 33 heavy (non-hydrogen) atoms. The summed E-state index contributed by atoms with van der Waals surface area (Å²) in [5.41, 5.74) is 8.18. The molecule has 0 saturated heterocycles. The lowest BCUT2D eigenvalue weighted by Crippen LogP contribution is -2.41. The SMILES string of the molecule is C.C/C=C/CC#CC1=C(C)C(=O)N(c2ccc(CC(N)C(=O)OCC)cc2)C(=O)C1.CCC. The number of anilines is 1. The van der Waals surface area contributed by atoms with Crippen molar-refractivity contribution in [2.45, 2.75) is 73.8 Å². The van der Waals surface area contributed by atoms with Crippen LogP contribution in [0.15, 0.2) is 47.6 Å². The van der Waals surface area contributed by atoms with Gasteiger partial charge in [-0.05, 0) is 44.9 Å². The quantitative estimate of drug-likeness (QED) is 0.291. The molecule has 2 N–H and O–H groups in total. The Hall–Kier alpha value is -3.17. The number of ether oxygens (including phenoxy) is 1. The highest BCUT2D eigenvalue weighted by atomic mass is 16.5. The summed E-state index contributed by atoms with van der Waals surface area (Å²) in [4.78, 5) is 38.2. The van der Waals surface area contributed by atoms with Gasteiger partial charge in [-0.2, -0.15) is 0 Å². The Morgan fingerprint density at radius 1 is 1.21 bits per heavy atom. The Labute approximate surface area is 198 Å². The van der Waals surface area contributed by atoms with Crippen molar-refractivity contribution in [3.8, 4) is 11.8 Å². The Bertz CT molecular complexity index is 918. The van der Waals surface area contributed by atoms with E-state index in [1.54, 1.807) is 38.1 Å². The summed E-state index contributed by atoms with van der Waals surface area (Å²) in [5, 5.41) is 0. The molecule has 1 aliphatic rings. The maximum absolute atomic E-state index is 12.7. The summed E-state index contributed by atoms with van der Waals surface area (Å²) in [7, 11) is 0. The summed E-state index contributed by atoms with van der Waals surface area (Å²) < 4.78 is 4.90. The van der Waals surface area contributed by atoms with Crippen LogP contribution >= 0.6 is 0 Å². The molecular formula is C27H38N2O4. The summed E-state index contributed by atoms with van der Waals surface area (Å²) >= 11 is 0. The standard InChI is InChI=1S/C23H26N2O4.C3H8.CH4/c1-4-6-7-8-9-18-15-21(26)25(22(27)16(18)3)19-12-10-17(11-13-19)14-20(24)23(28)29-5-2;1-3-2;/h4,6,10-13,20H,5,7,14-15,24H2,1-3H3;3H2,1-2H3;1H4/b6-4+;;. The number of allylic oxidation sites excluding steroid dienone is 2. The zero-order valence-corrected chi connectivity index (χ0v) is 19.7. The molecule has 1 atom stereocenters. The van der Waals surface area contributed by atoms with Crippen molar-refractivity contribution in [2.24, 2.45) is 5.73 Å². The number of carbonyl (C=O) groups excluding carboxylic acids is 3. The third-order valence-electron chi connectivity index (χ3n) is 4.49. The zero-order valence-electron chi connectivity index (χ0n) is 19.7. The van der Waals surface area contributed by atoms with E-state index in [2.05, 4.69) is 25.7 Å². The molecule has 2 rings (SSSR count). The maximum Gasteiger partial charge on any atom is 0.323 e. The highest BCUT2D eigenvalue weighted by molar-refractivity contribution is 6.24. The monoisotopic (exact) mass is 454 g/mol. The van der Waals surface area contributed by atoms with E-state index in [0.29, 0.717) is 29.7 Å². The molecule has 0 fully saturated rings. The highest BCUT2D eigenvalue weighted by Crippen LogP contribution is 2.26. The van der Waals surface area contributed by atoms with Gasteiger partial charge in [-0.25, -0.2) is 4.90 Å². The maximum atomic E-state index is 12.7. The van der Waals surface area contributed by atoms with Gasteiger partial charge in [0, 0.05) is 17.6 Å². The second kappa shape index (κ2) is 15.6. The van der Waals surface area contributed by atoms with Gasteiger partial charge in [0.05, 0.1) is 18.7 Å². The summed E-state index contributed by atoms with van der Waals surface area (Å²) in [6, 6.07) is 6.10. The van der Waals surface area contributed by atoms with Crippen molar-refractivity contribution < 1.29 is 19.1 Å². The van der Waals surface area contributed by atoms with Gasteiger partial charge in [-0.3, -0.25) is 14.4 Å². The minimum Gasteiger partial charge on any atom is -0.465 e. The van der Waals surface area contributed by atoms with Crippen molar-refractivity contribution in [2.75, 3.05) is 11.5 Å². The smallest absolute Gasteiger partial charge is 0.323 e. The summed E-state index contributed by atoms with van der Waals surface area (Å²) in [6.45, 7) is 9.85. The lowest BCUT2D eigenvalue weighted by Gasteiger charge is -2.26. The predicted octanol–water partition coefficient (Wildman–Crippen LogP) is 4.72. The van der Waals surface area contributed by atoms with Crippen LogP contribution in [-0.2, 0) is 25.5 Å². The van der Waals surface area contributed by atoms with E-state index in [0.717, 1.165) is 5.56 Å². The largest absolute Gasteiger partial charge is 0.465 e. The number of benzene rings is 1.